The van der Waals surface area contributed by atoms with Crippen LogP contribution in [0.4, 0.5) is 5.69 Å². The minimum absolute atomic E-state index is 0.435. The summed E-state index contributed by atoms with van der Waals surface area (Å²) in [5.41, 5.74) is 0.790. The van der Waals surface area contributed by atoms with Crippen molar-refractivity contribution in [2.45, 2.75) is 0 Å². The van der Waals surface area contributed by atoms with E-state index in [1.54, 1.807) is 12.3 Å². The van der Waals surface area contributed by atoms with Crippen LogP contribution in [0.1, 0.15) is 0 Å². The van der Waals surface area contributed by atoms with Gasteiger partial charge in [0.1, 0.15) is 11.5 Å². The SMILES string of the molecule is Brc1ccc(N=C(C=COc2ccccc2)Oc2ccccc2)cc1. The van der Waals surface area contributed by atoms with Crippen molar-refractivity contribution in [2.75, 3.05) is 0 Å². The number of hydrogen-bond donors (Lipinski definition) is 0. The lowest BCUT2D eigenvalue weighted by Crippen LogP contribution is -2.05. The second-order valence-corrected chi connectivity index (χ2v) is 5.99. The molecular weight excluding hydrogens is 378 g/mol. The van der Waals surface area contributed by atoms with Gasteiger partial charge in [0, 0.05) is 10.5 Å². The molecule has 0 aliphatic heterocycles. The molecule has 0 fully saturated rings. The van der Waals surface area contributed by atoms with Gasteiger partial charge in [0.2, 0.25) is 5.90 Å². The molecule has 3 aromatic rings. The topological polar surface area (TPSA) is 30.8 Å². The van der Waals surface area contributed by atoms with E-state index in [0.717, 1.165) is 15.9 Å². The first-order chi connectivity index (χ1) is 12.3. The van der Waals surface area contributed by atoms with Crippen molar-refractivity contribution in [1.82, 2.24) is 0 Å². The molecule has 0 aliphatic carbocycles. The van der Waals surface area contributed by atoms with Crippen LogP contribution in [0.25, 0.3) is 0 Å². The third kappa shape index (κ3) is 5.62. The number of nitrogens with zero attached hydrogens (tertiary/aromatic N) is 1. The van der Waals surface area contributed by atoms with Crippen LogP contribution in [-0.4, -0.2) is 5.90 Å². The molecule has 0 bridgehead atoms. The molecule has 0 aromatic heterocycles. The molecule has 0 saturated heterocycles. The van der Waals surface area contributed by atoms with E-state index in [1.807, 2.05) is 84.9 Å². The number of rotatable bonds is 5. The van der Waals surface area contributed by atoms with E-state index in [1.165, 1.54) is 0 Å². The number of hydrogen-bond acceptors (Lipinski definition) is 3. The molecule has 25 heavy (non-hydrogen) atoms. The maximum absolute atomic E-state index is 5.86. The Hall–Kier alpha value is -2.85. The van der Waals surface area contributed by atoms with Gasteiger partial charge in [0.05, 0.1) is 11.9 Å². The van der Waals surface area contributed by atoms with Crippen LogP contribution in [0.3, 0.4) is 0 Å². The molecule has 3 rings (SSSR count). The van der Waals surface area contributed by atoms with Crippen molar-refractivity contribution in [2.24, 2.45) is 4.99 Å². The van der Waals surface area contributed by atoms with Gasteiger partial charge in [-0.05, 0) is 48.5 Å². The van der Waals surface area contributed by atoms with Gasteiger partial charge in [-0.3, -0.25) is 0 Å². The van der Waals surface area contributed by atoms with Crippen molar-refractivity contribution in [3.63, 3.8) is 0 Å². The summed E-state index contributed by atoms with van der Waals surface area (Å²) >= 11 is 3.42. The first kappa shape index (κ1) is 17.0. The Bertz CT molecular complexity index is 844. The molecule has 3 aromatic carbocycles. The van der Waals surface area contributed by atoms with E-state index in [-0.39, 0.29) is 0 Å². The molecule has 0 amide bonds. The molecule has 3 nitrogen and oxygen atoms in total. The zero-order valence-corrected chi connectivity index (χ0v) is 15.0. The number of halogens is 1. The largest absolute Gasteiger partial charge is 0.465 e. The fraction of sp³-hybridized carbons (Fsp3) is 0. The van der Waals surface area contributed by atoms with Gasteiger partial charge in [-0.2, -0.15) is 0 Å². The van der Waals surface area contributed by atoms with Crippen LogP contribution >= 0.6 is 15.9 Å². The molecule has 0 saturated carbocycles. The van der Waals surface area contributed by atoms with Gasteiger partial charge in [0.15, 0.2) is 0 Å². The summed E-state index contributed by atoms with van der Waals surface area (Å²) in [6.07, 6.45) is 3.26. The summed E-state index contributed by atoms with van der Waals surface area (Å²) in [6, 6.07) is 26.7. The lowest BCUT2D eigenvalue weighted by Gasteiger charge is -2.06. The smallest absolute Gasteiger partial charge is 0.222 e. The normalized spacial score (nSPS) is 11.5. The monoisotopic (exact) mass is 393 g/mol. The molecule has 124 valence electrons. The molecule has 0 unspecified atom stereocenters. The summed E-state index contributed by atoms with van der Waals surface area (Å²) < 4.78 is 12.4. The summed E-state index contributed by atoms with van der Waals surface area (Å²) in [6.45, 7) is 0. The van der Waals surface area contributed by atoms with Crippen LogP contribution < -0.4 is 9.47 Å². The predicted molar refractivity (Wildman–Crippen MR) is 105 cm³/mol. The Labute approximate surface area is 155 Å². The molecule has 0 radical (unpaired) electrons. The third-order valence-electron chi connectivity index (χ3n) is 3.19. The zero-order valence-electron chi connectivity index (χ0n) is 13.4. The third-order valence-corrected chi connectivity index (χ3v) is 3.72. The van der Waals surface area contributed by atoms with Gasteiger partial charge in [0.25, 0.3) is 0 Å². The average molecular weight is 394 g/mol. The fourth-order valence-corrected chi connectivity index (χ4v) is 2.28. The minimum atomic E-state index is 0.435. The first-order valence-corrected chi connectivity index (χ1v) is 8.54. The summed E-state index contributed by atoms with van der Waals surface area (Å²) in [5.74, 6) is 1.90. The van der Waals surface area contributed by atoms with Crippen molar-refractivity contribution in [3.8, 4) is 11.5 Å². The molecule has 0 heterocycles. The van der Waals surface area contributed by atoms with Crippen molar-refractivity contribution in [3.05, 3.63) is 102 Å². The van der Waals surface area contributed by atoms with Crippen LogP contribution in [0, 0.1) is 0 Å². The van der Waals surface area contributed by atoms with Crippen LogP contribution in [0.5, 0.6) is 11.5 Å². The highest BCUT2D eigenvalue weighted by Gasteiger charge is 2.01. The highest BCUT2D eigenvalue weighted by molar-refractivity contribution is 9.10. The first-order valence-electron chi connectivity index (χ1n) is 7.75. The molecule has 0 N–H and O–H groups in total. The maximum Gasteiger partial charge on any atom is 0.222 e. The maximum atomic E-state index is 5.86. The van der Waals surface area contributed by atoms with E-state index in [4.69, 9.17) is 9.47 Å². The Morgan fingerprint density at radius 1 is 0.760 bits per heavy atom. The second-order valence-electron chi connectivity index (χ2n) is 5.08. The van der Waals surface area contributed by atoms with Crippen LogP contribution in [0.2, 0.25) is 0 Å². The van der Waals surface area contributed by atoms with Crippen LogP contribution in [0.15, 0.2) is 107 Å². The Morgan fingerprint density at radius 2 is 1.36 bits per heavy atom. The quantitative estimate of drug-likeness (QED) is 0.295. The average Bonchev–Trinajstić information content (AvgIpc) is 2.65. The highest BCUT2D eigenvalue weighted by Crippen LogP contribution is 2.18. The Kier molecular flexibility index (Phi) is 6.01. The standard InChI is InChI=1S/C21H16BrNO2/c22-17-11-13-18(14-12-17)23-21(25-20-9-5-2-6-10-20)15-16-24-19-7-3-1-4-8-19/h1-16H. The van der Waals surface area contributed by atoms with Gasteiger partial charge >= 0.3 is 0 Å². The lowest BCUT2D eigenvalue weighted by atomic mass is 10.3. The van der Waals surface area contributed by atoms with E-state index < -0.39 is 0 Å². The minimum Gasteiger partial charge on any atom is -0.465 e. The summed E-state index contributed by atoms with van der Waals surface area (Å²) in [4.78, 5) is 4.53. The number of para-hydroxylation sites is 2. The van der Waals surface area contributed by atoms with Crippen molar-refractivity contribution < 1.29 is 9.47 Å². The van der Waals surface area contributed by atoms with Gasteiger partial charge in [-0.15, -0.1) is 0 Å². The second kappa shape index (κ2) is 8.85. The lowest BCUT2D eigenvalue weighted by molar-refractivity contribution is 0.479. The predicted octanol–water partition coefficient (Wildman–Crippen LogP) is 6.15. The van der Waals surface area contributed by atoms with Crippen LogP contribution in [-0.2, 0) is 0 Å². The summed E-state index contributed by atoms with van der Waals surface area (Å²) in [5, 5.41) is 0. The summed E-state index contributed by atoms with van der Waals surface area (Å²) in [7, 11) is 0. The van der Waals surface area contributed by atoms with E-state index in [9.17, 15) is 0 Å². The van der Waals surface area contributed by atoms with E-state index in [2.05, 4.69) is 20.9 Å². The fourth-order valence-electron chi connectivity index (χ4n) is 2.02. The Balaban J connectivity index is 1.79. The molecule has 0 spiro atoms. The zero-order chi connectivity index (χ0) is 17.3. The molecule has 0 aliphatic rings. The van der Waals surface area contributed by atoms with Crippen molar-refractivity contribution >= 4 is 27.5 Å². The molecule has 0 atom stereocenters. The number of benzene rings is 3. The molecular formula is C21H16BrNO2. The highest BCUT2D eigenvalue weighted by atomic mass is 79.9. The van der Waals surface area contributed by atoms with E-state index >= 15 is 0 Å². The number of ether oxygens (including phenoxy) is 2. The van der Waals surface area contributed by atoms with Gasteiger partial charge < -0.3 is 9.47 Å². The van der Waals surface area contributed by atoms with Gasteiger partial charge in [-0.1, -0.05) is 52.3 Å². The molecule has 4 heteroatoms. The Morgan fingerprint density at radius 3 is 2.00 bits per heavy atom. The van der Waals surface area contributed by atoms with Crippen molar-refractivity contribution in [1.29, 1.82) is 0 Å². The van der Waals surface area contributed by atoms with Gasteiger partial charge in [-0.25, -0.2) is 4.99 Å². The number of aliphatic imine (C=N–C) groups is 1. The van der Waals surface area contributed by atoms with E-state index in [0.29, 0.717) is 11.6 Å².